The number of nitrogens with zero attached hydrogens (tertiary/aromatic N) is 1. The molecule has 1 N–H and O–H groups in total. The first kappa shape index (κ1) is 9.01. The average molecular weight is 157 g/mol. The molecule has 11 heavy (non-hydrogen) atoms. The Labute approximate surface area is 69.2 Å². The summed E-state index contributed by atoms with van der Waals surface area (Å²) >= 11 is 0. The van der Waals surface area contributed by atoms with Gasteiger partial charge in [0.25, 0.3) is 0 Å². The van der Waals surface area contributed by atoms with Crippen molar-refractivity contribution >= 4 is 0 Å². The van der Waals surface area contributed by atoms with E-state index in [-0.39, 0.29) is 6.10 Å². The quantitative estimate of drug-likeness (QED) is 0.616. The van der Waals surface area contributed by atoms with Gasteiger partial charge in [-0.1, -0.05) is 6.92 Å². The van der Waals surface area contributed by atoms with Gasteiger partial charge in [-0.25, -0.2) is 0 Å². The first-order valence-electron chi connectivity index (χ1n) is 4.60. The fourth-order valence-electron chi connectivity index (χ4n) is 1.82. The third-order valence-corrected chi connectivity index (χ3v) is 2.65. The lowest BCUT2D eigenvalue weighted by Gasteiger charge is -2.21. The molecule has 1 fully saturated rings. The van der Waals surface area contributed by atoms with Gasteiger partial charge >= 0.3 is 0 Å². The van der Waals surface area contributed by atoms with E-state index in [2.05, 4.69) is 18.9 Å². The molecule has 0 radical (unpaired) electrons. The topological polar surface area (TPSA) is 23.5 Å². The summed E-state index contributed by atoms with van der Waals surface area (Å²) in [6, 6.07) is 0. The monoisotopic (exact) mass is 157 g/mol. The molecule has 0 unspecified atom stereocenters. The minimum atomic E-state index is -0.0510. The van der Waals surface area contributed by atoms with Crippen molar-refractivity contribution in [3.8, 4) is 0 Å². The third kappa shape index (κ3) is 2.46. The van der Waals surface area contributed by atoms with Crippen molar-refractivity contribution in [1.29, 1.82) is 0 Å². The van der Waals surface area contributed by atoms with Gasteiger partial charge < -0.3 is 10.0 Å². The smallest absolute Gasteiger partial charge is 0.0581 e. The summed E-state index contributed by atoms with van der Waals surface area (Å²) in [5.41, 5.74) is 0. The van der Waals surface area contributed by atoms with Gasteiger partial charge in [0.05, 0.1) is 6.10 Å². The molecule has 0 aliphatic carbocycles. The molecule has 1 aliphatic rings. The lowest BCUT2D eigenvalue weighted by molar-refractivity contribution is 0.0952. The van der Waals surface area contributed by atoms with Gasteiger partial charge in [0.2, 0.25) is 0 Å². The van der Waals surface area contributed by atoms with Gasteiger partial charge in [0.1, 0.15) is 0 Å². The highest BCUT2D eigenvalue weighted by atomic mass is 16.3. The van der Waals surface area contributed by atoms with E-state index >= 15 is 0 Å². The fourth-order valence-corrected chi connectivity index (χ4v) is 1.82. The summed E-state index contributed by atoms with van der Waals surface area (Å²) in [6.07, 6.45) is 3.19. The van der Waals surface area contributed by atoms with Gasteiger partial charge in [-0.15, -0.1) is 0 Å². The summed E-state index contributed by atoms with van der Waals surface area (Å²) < 4.78 is 0. The number of aliphatic hydroxyl groups is 1. The van der Waals surface area contributed by atoms with E-state index in [1.54, 1.807) is 0 Å². The van der Waals surface area contributed by atoms with Crippen LogP contribution in [-0.2, 0) is 0 Å². The van der Waals surface area contributed by atoms with E-state index in [0.29, 0.717) is 5.92 Å². The molecule has 1 aliphatic heterocycles. The Kier molecular flexibility index (Phi) is 3.34. The van der Waals surface area contributed by atoms with E-state index in [1.165, 1.54) is 0 Å². The Morgan fingerprint density at radius 2 is 2.27 bits per heavy atom. The number of hydrogen-bond acceptors (Lipinski definition) is 2. The highest BCUT2D eigenvalue weighted by Gasteiger charge is 2.21. The molecule has 1 rings (SSSR count). The second-order valence-electron chi connectivity index (χ2n) is 3.64. The van der Waals surface area contributed by atoms with Crippen LogP contribution in [0.3, 0.4) is 0 Å². The maximum absolute atomic E-state index is 9.64. The summed E-state index contributed by atoms with van der Waals surface area (Å²) in [5, 5.41) is 9.64. The zero-order valence-corrected chi connectivity index (χ0v) is 7.58. The van der Waals surface area contributed by atoms with Crippen molar-refractivity contribution < 1.29 is 5.11 Å². The van der Waals surface area contributed by atoms with E-state index in [4.69, 9.17) is 0 Å². The maximum atomic E-state index is 9.64. The first-order valence-corrected chi connectivity index (χ1v) is 4.60. The average Bonchev–Trinajstić information content (AvgIpc) is 2.13. The van der Waals surface area contributed by atoms with Crippen molar-refractivity contribution in [2.75, 3.05) is 20.1 Å². The molecule has 2 heteroatoms. The predicted molar refractivity (Wildman–Crippen MR) is 46.5 cm³/mol. The molecule has 2 nitrogen and oxygen atoms in total. The second-order valence-corrected chi connectivity index (χ2v) is 3.64. The van der Waals surface area contributed by atoms with Crippen LogP contribution in [0.1, 0.15) is 26.2 Å². The summed E-state index contributed by atoms with van der Waals surface area (Å²) in [5.74, 6) is 0.502. The molecular formula is C9H19NO. The number of hydrogen-bond donors (Lipinski definition) is 1. The van der Waals surface area contributed by atoms with Crippen molar-refractivity contribution in [2.24, 2.45) is 5.92 Å². The number of likely N-dealkylation sites (tertiary alicyclic amines) is 1. The molecule has 0 amide bonds. The Hall–Kier alpha value is -0.0800. The highest BCUT2D eigenvalue weighted by molar-refractivity contribution is 4.74. The van der Waals surface area contributed by atoms with Crippen molar-refractivity contribution in [1.82, 2.24) is 4.90 Å². The minimum absolute atomic E-state index is 0.0510. The normalized spacial score (nSPS) is 35.2. The van der Waals surface area contributed by atoms with Crippen molar-refractivity contribution in [3.05, 3.63) is 0 Å². The molecular weight excluding hydrogens is 138 g/mol. The summed E-state index contributed by atoms with van der Waals surface area (Å²) in [7, 11) is 2.14. The van der Waals surface area contributed by atoms with Gasteiger partial charge in [0, 0.05) is 6.54 Å². The summed E-state index contributed by atoms with van der Waals surface area (Å²) in [4.78, 5) is 2.32. The molecule has 0 aromatic rings. The molecule has 0 bridgehead atoms. The minimum Gasteiger partial charge on any atom is -0.393 e. The van der Waals surface area contributed by atoms with Crippen LogP contribution in [0.2, 0.25) is 0 Å². The third-order valence-electron chi connectivity index (χ3n) is 2.65. The van der Waals surface area contributed by atoms with Crippen molar-refractivity contribution in [2.45, 2.75) is 32.3 Å². The maximum Gasteiger partial charge on any atom is 0.0581 e. The Morgan fingerprint density at radius 3 is 2.91 bits per heavy atom. The lowest BCUT2D eigenvalue weighted by Crippen LogP contribution is -2.28. The molecule has 0 aromatic carbocycles. The van der Waals surface area contributed by atoms with E-state index < -0.39 is 0 Å². The molecule has 66 valence electrons. The zero-order chi connectivity index (χ0) is 8.27. The van der Waals surface area contributed by atoms with Crippen LogP contribution in [0.5, 0.6) is 0 Å². The van der Waals surface area contributed by atoms with E-state index in [0.717, 1.165) is 32.4 Å². The van der Waals surface area contributed by atoms with Crippen LogP contribution in [-0.4, -0.2) is 36.2 Å². The van der Waals surface area contributed by atoms with Gasteiger partial charge in [-0.05, 0) is 38.8 Å². The van der Waals surface area contributed by atoms with Crippen LogP contribution in [0, 0.1) is 5.92 Å². The molecule has 0 saturated carbocycles. The van der Waals surface area contributed by atoms with Gasteiger partial charge in [-0.2, -0.15) is 0 Å². The molecule has 2 atom stereocenters. The molecule has 1 saturated heterocycles. The first-order chi connectivity index (χ1) is 5.24. The molecule has 1 heterocycles. The fraction of sp³-hybridized carbons (Fsp3) is 1.00. The zero-order valence-electron chi connectivity index (χ0n) is 7.58. The number of rotatable bonds is 1. The Balaban J connectivity index is 2.45. The Bertz CT molecular complexity index is 116. The highest BCUT2D eigenvalue weighted by Crippen LogP contribution is 2.18. The standard InChI is InChI=1S/C9H19NO/c1-3-8-7-10(2)6-4-5-9(8)11/h8-9,11H,3-7H2,1-2H3/t8-,9-/m0/s1. The van der Waals surface area contributed by atoms with Crippen LogP contribution in [0.4, 0.5) is 0 Å². The largest absolute Gasteiger partial charge is 0.393 e. The number of aliphatic hydroxyl groups excluding tert-OH is 1. The lowest BCUT2D eigenvalue weighted by atomic mass is 9.97. The van der Waals surface area contributed by atoms with Crippen LogP contribution < -0.4 is 0 Å². The predicted octanol–water partition coefficient (Wildman–Crippen LogP) is 1.10. The van der Waals surface area contributed by atoms with E-state index in [1.807, 2.05) is 0 Å². The summed E-state index contributed by atoms with van der Waals surface area (Å²) in [6.45, 7) is 4.37. The van der Waals surface area contributed by atoms with Crippen LogP contribution >= 0.6 is 0 Å². The SMILES string of the molecule is CC[C@H]1CN(C)CCC[C@@H]1O. The van der Waals surface area contributed by atoms with E-state index in [9.17, 15) is 5.11 Å². The van der Waals surface area contributed by atoms with Crippen LogP contribution in [0.25, 0.3) is 0 Å². The molecule has 0 spiro atoms. The van der Waals surface area contributed by atoms with Gasteiger partial charge in [-0.3, -0.25) is 0 Å². The van der Waals surface area contributed by atoms with Gasteiger partial charge in [0.15, 0.2) is 0 Å². The second kappa shape index (κ2) is 4.07. The van der Waals surface area contributed by atoms with Crippen molar-refractivity contribution in [3.63, 3.8) is 0 Å². The Morgan fingerprint density at radius 1 is 1.55 bits per heavy atom. The van der Waals surface area contributed by atoms with Crippen LogP contribution in [0.15, 0.2) is 0 Å². The molecule has 0 aromatic heterocycles.